The van der Waals surface area contributed by atoms with Gasteiger partial charge >= 0.3 is 6.03 Å². The van der Waals surface area contributed by atoms with Crippen molar-refractivity contribution in [1.82, 2.24) is 24.9 Å². The number of carbonyl (C=O) groups is 3. The molecule has 1 unspecified atom stereocenters. The third kappa shape index (κ3) is 6.32. The number of nitrogens with one attached hydrogen (secondary N) is 1. The Morgan fingerprint density at radius 3 is 2.20 bits per heavy atom. The van der Waals surface area contributed by atoms with E-state index in [1.807, 2.05) is 36.1 Å². The van der Waals surface area contributed by atoms with Gasteiger partial charge < -0.3 is 15.0 Å². The molecular weight excluding hydrogens is 446 g/mol. The number of hydrogen-bond acceptors (Lipinski definition) is 6. The summed E-state index contributed by atoms with van der Waals surface area (Å²) < 4.78 is 5.20. The topological polar surface area (TPSA) is 85.4 Å². The summed E-state index contributed by atoms with van der Waals surface area (Å²) >= 11 is 0. The monoisotopic (exact) mass is 485 g/mol. The predicted octanol–water partition coefficient (Wildman–Crippen LogP) is 1.92. The first kappa shape index (κ1) is 25.4. The minimum Gasteiger partial charge on any atom is -0.497 e. The zero-order chi connectivity index (χ0) is 24.8. The maximum Gasteiger partial charge on any atom is 0.326 e. The Morgan fingerprint density at radius 2 is 1.57 bits per heavy atom. The second kappa shape index (κ2) is 11.4. The molecule has 0 radical (unpaired) electrons. The van der Waals surface area contributed by atoms with Crippen LogP contribution in [-0.2, 0) is 16.0 Å². The van der Waals surface area contributed by atoms with Crippen LogP contribution in [0.4, 0.5) is 4.79 Å². The first-order valence-corrected chi connectivity index (χ1v) is 12.9. The van der Waals surface area contributed by atoms with E-state index < -0.39 is 5.54 Å². The number of ether oxygens (including phenoxy) is 1. The number of benzene rings is 1. The number of likely N-dealkylation sites (tertiary alicyclic amines) is 1. The van der Waals surface area contributed by atoms with Crippen LogP contribution in [0.25, 0.3) is 0 Å². The maximum absolute atomic E-state index is 13.2. The van der Waals surface area contributed by atoms with E-state index in [4.69, 9.17) is 4.74 Å². The number of piperazine rings is 1. The summed E-state index contributed by atoms with van der Waals surface area (Å²) in [6, 6.07) is 7.45. The van der Waals surface area contributed by atoms with Gasteiger partial charge in [-0.15, -0.1) is 0 Å². The molecule has 0 aromatic heterocycles. The van der Waals surface area contributed by atoms with Crippen molar-refractivity contribution in [2.24, 2.45) is 0 Å². The number of carbonyl (C=O) groups excluding carboxylic acids is 3. The standard InChI is InChI=1S/C26H39N5O4/c1-26(12-11-21-7-9-22(35-2)10-8-21)24(33)31(25(34)27-26)20-29-17-15-28(16-18-29)19-23(32)30-13-5-3-4-6-14-30/h7-10H,3-6,11-20H2,1-2H3,(H,27,34). The van der Waals surface area contributed by atoms with Crippen LogP contribution in [0.15, 0.2) is 24.3 Å². The van der Waals surface area contributed by atoms with E-state index in [1.165, 1.54) is 17.7 Å². The maximum atomic E-state index is 13.2. The molecule has 9 nitrogen and oxygen atoms in total. The van der Waals surface area contributed by atoms with Gasteiger partial charge in [-0.25, -0.2) is 9.69 Å². The Morgan fingerprint density at radius 1 is 0.943 bits per heavy atom. The Kier molecular flexibility index (Phi) is 8.28. The Balaban J connectivity index is 1.23. The van der Waals surface area contributed by atoms with Crippen LogP contribution in [0, 0.1) is 0 Å². The van der Waals surface area contributed by atoms with Crippen LogP contribution in [0.2, 0.25) is 0 Å². The minimum atomic E-state index is -0.904. The lowest BCUT2D eigenvalue weighted by Gasteiger charge is -2.36. The normalized spacial score (nSPS) is 24.4. The van der Waals surface area contributed by atoms with Gasteiger partial charge in [0, 0.05) is 39.3 Å². The molecule has 3 aliphatic rings. The van der Waals surface area contributed by atoms with Crippen LogP contribution in [-0.4, -0.2) is 103 Å². The summed E-state index contributed by atoms with van der Waals surface area (Å²) in [5, 5.41) is 2.91. The molecule has 192 valence electrons. The number of rotatable bonds is 8. The molecule has 4 rings (SSSR count). The number of hydrogen-bond donors (Lipinski definition) is 1. The van der Waals surface area contributed by atoms with Gasteiger partial charge in [-0.2, -0.15) is 0 Å². The molecule has 3 aliphatic heterocycles. The molecule has 0 saturated carbocycles. The molecule has 1 aromatic carbocycles. The predicted molar refractivity (Wildman–Crippen MR) is 133 cm³/mol. The average molecular weight is 486 g/mol. The molecule has 1 aromatic rings. The highest BCUT2D eigenvalue weighted by molar-refractivity contribution is 6.06. The Bertz CT molecular complexity index is 892. The fourth-order valence-electron chi connectivity index (χ4n) is 5.13. The van der Waals surface area contributed by atoms with Gasteiger partial charge in [-0.05, 0) is 50.3 Å². The van der Waals surface area contributed by atoms with Crippen molar-refractivity contribution in [3.05, 3.63) is 29.8 Å². The van der Waals surface area contributed by atoms with Crippen molar-refractivity contribution in [1.29, 1.82) is 0 Å². The van der Waals surface area contributed by atoms with Gasteiger partial charge in [0.25, 0.3) is 5.91 Å². The quantitative estimate of drug-likeness (QED) is 0.567. The second-order valence-electron chi connectivity index (χ2n) is 10.2. The Hall–Kier alpha value is -2.65. The minimum absolute atomic E-state index is 0.171. The number of amides is 4. The van der Waals surface area contributed by atoms with Crippen LogP contribution in [0.3, 0.4) is 0 Å². The van der Waals surface area contributed by atoms with Crippen molar-refractivity contribution in [3.8, 4) is 5.75 Å². The summed E-state index contributed by atoms with van der Waals surface area (Å²) in [5.74, 6) is 0.847. The third-order valence-corrected chi connectivity index (χ3v) is 7.54. The molecule has 0 bridgehead atoms. The molecule has 3 fully saturated rings. The summed E-state index contributed by atoms with van der Waals surface area (Å²) in [5.41, 5.74) is 0.191. The fraction of sp³-hybridized carbons (Fsp3) is 0.654. The van der Waals surface area contributed by atoms with Gasteiger partial charge in [-0.3, -0.25) is 19.4 Å². The summed E-state index contributed by atoms with van der Waals surface area (Å²) in [6.45, 7) is 7.29. The highest BCUT2D eigenvalue weighted by Gasteiger charge is 2.47. The lowest BCUT2D eigenvalue weighted by atomic mass is 9.93. The lowest BCUT2D eigenvalue weighted by Crippen LogP contribution is -2.53. The zero-order valence-electron chi connectivity index (χ0n) is 21.1. The number of imide groups is 1. The first-order valence-electron chi connectivity index (χ1n) is 12.9. The van der Waals surface area contributed by atoms with E-state index >= 15 is 0 Å². The molecule has 1 N–H and O–H groups in total. The molecule has 35 heavy (non-hydrogen) atoms. The van der Waals surface area contributed by atoms with E-state index in [2.05, 4.69) is 15.1 Å². The highest BCUT2D eigenvalue weighted by Crippen LogP contribution is 2.24. The van der Waals surface area contributed by atoms with E-state index in [0.717, 1.165) is 63.4 Å². The third-order valence-electron chi connectivity index (χ3n) is 7.54. The molecule has 0 spiro atoms. The molecule has 0 aliphatic carbocycles. The van der Waals surface area contributed by atoms with Crippen molar-refractivity contribution >= 4 is 17.8 Å². The van der Waals surface area contributed by atoms with E-state index in [0.29, 0.717) is 19.4 Å². The van der Waals surface area contributed by atoms with Crippen LogP contribution in [0.1, 0.15) is 44.6 Å². The van der Waals surface area contributed by atoms with Crippen molar-refractivity contribution in [2.75, 3.05) is 59.6 Å². The van der Waals surface area contributed by atoms with Crippen LogP contribution < -0.4 is 10.1 Å². The number of urea groups is 1. The summed E-state index contributed by atoms with van der Waals surface area (Å²) in [6.07, 6.45) is 5.85. The Labute approximate surface area is 208 Å². The van der Waals surface area contributed by atoms with E-state index in [-0.39, 0.29) is 24.5 Å². The molecule has 4 amide bonds. The highest BCUT2D eigenvalue weighted by atomic mass is 16.5. The molecule has 3 heterocycles. The van der Waals surface area contributed by atoms with Crippen molar-refractivity contribution in [2.45, 2.75) is 51.0 Å². The van der Waals surface area contributed by atoms with Gasteiger partial charge in [0.2, 0.25) is 5.91 Å². The lowest BCUT2D eigenvalue weighted by molar-refractivity contribution is -0.133. The summed E-state index contributed by atoms with van der Waals surface area (Å²) in [7, 11) is 1.63. The first-order chi connectivity index (χ1) is 16.9. The van der Waals surface area contributed by atoms with Crippen LogP contribution >= 0.6 is 0 Å². The van der Waals surface area contributed by atoms with E-state index in [9.17, 15) is 14.4 Å². The van der Waals surface area contributed by atoms with Gasteiger partial charge in [0.15, 0.2) is 0 Å². The molecule has 9 heteroatoms. The second-order valence-corrected chi connectivity index (χ2v) is 10.2. The molecule has 3 saturated heterocycles. The zero-order valence-corrected chi connectivity index (χ0v) is 21.1. The van der Waals surface area contributed by atoms with Crippen molar-refractivity contribution < 1.29 is 19.1 Å². The number of methoxy groups -OCH3 is 1. The SMILES string of the molecule is COc1ccc(CCC2(C)NC(=O)N(CN3CCN(CC(=O)N4CCCCCC4)CC3)C2=O)cc1. The smallest absolute Gasteiger partial charge is 0.326 e. The largest absolute Gasteiger partial charge is 0.497 e. The van der Waals surface area contributed by atoms with Gasteiger partial charge in [0.05, 0.1) is 20.3 Å². The van der Waals surface area contributed by atoms with E-state index in [1.54, 1.807) is 7.11 Å². The average Bonchev–Trinajstić information content (AvgIpc) is 3.06. The van der Waals surface area contributed by atoms with Crippen LogP contribution in [0.5, 0.6) is 5.75 Å². The molecular formula is C26H39N5O4. The van der Waals surface area contributed by atoms with Crippen molar-refractivity contribution in [3.63, 3.8) is 0 Å². The number of nitrogens with zero attached hydrogens (tertiary/aromatic N) is 4. The fourth-order valence-corrected chi connectivity index (χ4v) is 5.13. The van der Waals surface area contributed by atoms with Gasteiger partial charge in [0.1, 0.15) is 11.3 Å². The number of aryl methyl sites for hydroxylation is 1. The molecule has 1 atom stereocenters. The van der Waals surface area contributed by atoms with Gasteiger partial charge in [-0.1, -0.05) is 25.0 Å². The summed E-state index contributed by atoms with van der Waals surface area (Å²) in [4.78, 5) is 46.2.